The van der Waals surface area contributed by atoms with E-state index in [1.807, 2.05) is 0 Å². The molecule has 0 bridgehead atoms. The molecular weight excluding hydrogens is 375 g/mol. The first-order valence-electron chi connectivity index (χ1n) is 7.94. The Kier molecular flexibility index (Phi) is 5.58. The number of alkyl halides is 2. The second-order valence-electron chi connectivity index (χ2n) is 5.94. The Bertz CT molecular complexity index is 757. The fourth-order valence-electron chi connectivity index (χ4n) is 2.60. The summed E-state index contributed by atoms with van der Waals surface area (Å²) >= 11 is 11.8. The average Bonchev–Trinajstić information content (AvgIpc) is 3.21. The van der Waals surface area contributed by atoms with Crippen LogP contribution in [0.3, 0.4) is 0 Å². The van der Waals surface area contributed by atoms with E-state index in [1.54, 1.807) is 17.1 Å². The summed E-state index contributed by atoms with van der Waals surface area (Å²) in [5.41, 5.74) is 0.0882. The van der Waals surface area contributed by atoms with Gasteiger partial charge in [0.05, 0.1) is 21.9 Å². The third-order valence-corrected chi connectivity index (χ3v) is 4.49. The van der Waals surface area contributed by atoms with Gasteiger partial charge < -0.3 is 5.32 Å². The maximum Gasteiger partial charge on any atom is 0.283 e. The minimum Gasteiger partial charge on any atom is -0.354 e. The van der Waals surface area contributed by atoms with Crippen LogP contribution in [-0.2, 0) is 17.9 Å². The lowest BCUT2D eigenvalue weighted by Crippen LogP contribution is -2.30. The van der Waals surface area contributed by atoms with Crippen molar-refractivity contribution in [1.29, 1.82) is 0 Å². The van der Waals surface area contributed by atoms with Crippen molar-refractivity contribution in [3.05, 3.63) is 33.8 Å². The summed E-state index contributed by atoms with van der Waals surface area (Å²) in [6.45, 7) is 0.932. The first kappa shape index (κ1) is 18.1. The molecule has 2 aromatic heterocycles. The highest BCUT2D eigenvalue weighted by atomic mass is 35.5. The van der Waals surface area contributed by atoms with Gasteiger partial charge in [-0.2, -0.15) is 10.2 Å². The quantitative estimate of drug-likeness (QED) is 0.701. The maximum atomic E-state index is 13.0. The zero-order valence-electron chi connectivity index (χ0n) is 13.3. The number of hydrogen-bond acceptors (Lipinski definition) is 3. The Hall–Kier alpha value is -1.67. The zero-order valence-corrected chi connectivity index (χ0v) is 14.8. The lowest BCUT2D eigenvalue weighted by Gasteiger charge is -2.08. The zero-order chi connectivity index (χ0) is 18.0. The van der Waals surface area contributed by atoms with Crippen LogP contribution in [0.2, 0.25) is 10.0 Å². The second-order valence-corrected chi connectivity index (χ2v) is 6.76. The minimum absolute atomic E-state index is 0.0131. The van der Waals surface area contributed by atoms with Crippen molar-refractivity contribution in [2.75, 3.05) is 6.54 Å². The van der Waals surface area contributed by atoms with Crippen molar-refractivity contribution in [1.82, 2.24) is 24.9 Å². The van der Waals surface area contributed by atoms with E-state index in [0.717, 1.165) is 12.8 Å². The summed E-state index contributed by atoms with van der Waals surface area (Å²) in [4.78, 5) is 12.1. The standard InChI is InChI=1S/C15H17Cl2F2N5O/c16-10-6-21-23(7-10)5-1-4-20-11(25)8-24-14(9-2-3-9)12(17)13(22-24)15(18)19/h6-7,9,15H,1-5,8H2,(H,20,25). The van der Waals surface area contributed by atoms with Gasteiger partial charge in [-0.15, -0.1) is 0 Å². The molecule has 1 aliphatic carbocycles. The van der Waals surface area contributed by atoms with Crippen LogP contribution in [0.5, 0.6) is 0 Å². The number of amides is 1. The van der Waals surface area contributed by atoms with Crippen LogP contribution < -0.4 is 5.32 Å². The summed E-state index contributed by atoms with van der Waals surface area (Å²) in [6.07, 6.45) is 2.91. The molecule has 136 valence electrons. The highest BCUT2D eigenvalue weighted by Gasteiger charge is 2.34. The van der Waals surface area contributed by atoms with Gasteiger partial charge in [0.25, 0.3) is 6.43 Å². The molecule has 0 aliphatic heterocycles. The first-order chi connectivity index (χ1) is 12.0. The van der Waals surface area contributed by atoms with E-state index in [9.17, 15) is 13.6 Å². The molecule has 3 rings (SSSR count). The molecule has 0 aromatic carbocycles. The van der Waals surface area contributed by atoms with Gasteiger partial charge in [-0.3, -0.25) is 14.2 Å². The summed E-state index contributed by atoms with van der Waals surface area (Å²) in [5.74, 6) is -0.176. The van der Waals surface area contributed by atoms with Crippen LogP contribution in [0.4, 0.5) is 8.78 Å². The van der Waals surface area contributed by atoms with Gasteiger partial charge in [0.15, 0.2) is 0 Å². The van der Waals surface area contributed by atoms with Gasteiger partial charge in [0.2, 0.25) is 5.91 Å². The molecular formula is C15H17Cl2F2N5O. The van der Waals surface area contributed by atoms with Gasteiger partial charge in [-0.05, 0) is 19.3 Å². The van der Waals surface area contributed by atoms with Gasteiger partial charge in [0.1, 0.15) is 12.2 Å². The number of carbonyl (C=O) groups is 1. The lowest BCUT2D eigenvalue weighted by atomic mass is 10.2. The van der Waals surface area contributed by atoms with Crippen LogP contribution in [0.15, 0.2) is 12.4 Å². The van der Waals surface area contributed by atoms with Crippen LogP contribution in [0, 0.1) is 0 Å². The predicted molar refractivity (Wildman–Crippen MR) is 89.0 cm³/mol. The molecule has 0 unspecified atom stereocenters. The van der Waals surface area contributed by atoms with Crippen LogP contribution >= 0.6 is 23.2 Å². The molecule has 1 saturated carbocycles. The average molecular weight is 392 g/mol. The van der Waals surface area contributed by atoms with E-state index < -0.39 is 12.1 Å². The van der Waals surface area contributed by atoms with Crippen LogP contribution in [-0.4, -0.2) is 32.0 Å². The van der Waals surface area contributed by atoms with E-state index >= 15 is 0 Å². The molecule has 1 amide bonds. The largest absolute Gasteiger partial charge is 0.354 e. The number of carbonyl (C=O) groups excluding carboxylic acids is 1. The summed E-state index contributed by atoms with van der Waals surface area (Å²) in [6, 6.07) is 0. The van der Waals surface area contributed by atoms with Crippen molar-refractivity contribution in [2.45, 2.75) is 44.7 Å². The van der Waals surface area contributed by atoms with Gasteiger partial charge in [0, 0.05) is 25.2 Å². The van der Waals surface area contributed by atoms with Crippen molar-refractivity contribution < 1.29 is 13.6 Å². The smallest absolute Gasteiger partial charge is 0.283 e. The van der Waals surface area contributed by atoms with Crippen LogP contribution in [0.25, 0.3) is 0 Å². The van der Waals surface area contributed by atoms with E-state index in [2.05, 4.69) is 15.5 Å². The molecule has 0 atom stereocenters. The normalized spacial score (nSPS) is 14.3. The minimum atomic E-state index is -2.75. The number of rotatable bonds is 8. The van der Waals surface area contributed by atoms with E-state index in [1.165, 1.54) is 4.68 Å². The number of aromatic nitrogens is 4. The molecule has 1 aliphatic rings. The van der Waals surface area contributed by atoms with Gasteiger partial charge >= 0.3 is 0 Å². The van der Waals surface area contributed by atoms with Gasteiger partial charge in [-0.1, -0.05) is 23.2 Å². The summed E-state index contributed by atoms with van der Waals surface area (Å²) in [5, 5.41) is 11.2. The Morgan fingerprint density at radius 2 is 2.16 bits per heavy atom. The number of nitrogens with zero attached hydrogens (tertiary/aromatic N) is 4. The Morgan fingerprint density at radius 1 is 1.40 bits per heavy atom. The molecule has 2 aromatic rings. The Morgan fingerprint density at radius 3 is 2.76 bits per heavy atom. The van der Waals surface area contributed by atoms with Crippen molar-refractivity contribution >= 4 is 29.1 Å². The Labute approximate surface area is 153 Å². The third-order valence-electron chi connectivity index (χ3n) is 3.91. The fraction of sp³-hybridized carbons (Fsp3) is 0.533. The molecule has 2 heterocycles. The highest BCUT2D eigenvalue weighted by molar-refractivity contribution is 6.32. The molecule has 0 radical (unpaired) electrons. The maximum absolute atomic E-state index is 13.0. The van der Waals surface area contributed by atoms with E-state index in [4.69, 9.17) is 23.2 Å². The van der Waals surface area contributed by atoms with E-state index in [-0.39, 0.29) is 23.4 Å². The first-order valence-corrected chi connectivity index (χ1v) is 8.70. The summed E-state index contributed by atoms with van der Waals surface area (Å²) in [7, 11) is 0. The highest BCUT2D eigenvalue weighted by Crippen LogP contribution is 2.45. The number of halogens is 4. The Balaban J connectivity index is 1.53. The topological polar surface area (TPSA) is 64.7 Å². The number of nitrogens with one attached hydrogen (secondary N) is 1. The second kappa shape index (κ2) is 7.70. The number of aryl methyl sites for hydroxylation is 1. The monoisotopic (exact) mass is 391 g/mol. The third kappa shape index (κ3) is 4.49. The molecule has 0 saturated heterocycles. The SMILES string of the molecule is O=C(Cn1nc(C(F)F)c(Cl)c1C1CC1)NCCCn1cc(Cl)cn1. The molecule has 6 nitrogen and oxygen atoms in total. The summed E-state index contributed by atoms with van der Waals surface area (Å²) < 4.78 is 28.9. The molecule has 1 fully saturated rings. The predicted octanol–water partition coefficient (Wildman–Crippen LogP) is 3.41. The van der Waals surface area contributed by atoms with Crippen LogP contribution in [0.1, 0.15) is 43.0 Å². The van der Waals surface area contributed by atoms with Crippen molar-refractivity contribution in [2.24, 2.45) is 0 Å². The molecule has 10 heteroatoms. The van der Waals surface area contributed by atoms with Gasteiger partial charge in [-0.25, -0.2) is 8.78 Å². The molecule has 25 heavy (non-hydrogen) atoms. The van der Waals surface area contributed by atoms with E-state index in [0.29, 0.717) is 30.2 Å². The van der Waals surface area contributed by atoms with Crippen molar-refractivity contribution in [3.63, 3.8) is 0 Å². The molecule has 0 spiro atoms. The van der Waals surface area contributed by atoms with Crippen molar-refractivity contribution in [3.8, 4) is 0 Å². The molecule has 1 N–H and O–H groups in total. The lowest BCUT2D eigenvalue weighted by molar-refractivity contribution is -0.121. The number of hydrogen-bond donors (Lipinski definition) is 1. The fourth-order valence-corrected chi connectivity index (χ4v) is 3.13.